The summed E-state index contributed by atoms with van der Waals surface area (Å²) in [7, 11) is 2.87. The van der Waals surface area contributed by atoms with E-state index in [2.05, 4.69) is 20.0 Å². The van der Waals surface area contributed by atoms with Crippen LogP contribution in [0.4, 0.5) is 10.8 Å². The van der Waals surface area contributed by atoms with Gasteiger partial charge in [0.2, 0.25) is 11.8 Å². The van der Waals surface area contributed by atoms with Gasteiger partial charge in [0.1, 0.15) is 11.4 Å². The molecular formula is C21H20N4O5S. The minimum atomic E-state index is -0.482. The average molecular weight is 440 g/mol. The number of carbonyl (C=O) groups excluding carboxylic acids is 3. The number of ether oxygens (including phenoxy) is 2. The molecule has 2 aromatic heterocycles. The van der Waals surface area contributed by atoms with Crippen molar-refractivity contribution in [2.75, 3.05) is 31.0 Å². The second kappa shape index (κ2) is 8.60. The molecule has 0 spiro atoms. The number of H-pyrrole nitrogens is 1. The summed E-state index contributed by atoms with van der Waals surface area (Å²) in [4.78, 5) is 45.6. The molecule has 31 heavy (non-hydrogen) atoms. The van der Waals surface area contributed by atoms with Crippen LogP contribution < -0.4 is 15.0 Å². The van der Waals surface area contributed by atoms with Crippen molar-refractivity contribution in [3.63, 3.8) is 0 Å². The number of hydrogen-bond donors (Lipinski definition) is 2. The predicted molar refractivity (Wildman–Crippen MR) is 115 cm³/mol. The highest BCUT2D eigenvalue weighted by molar-refractivity contribution is 7.14. The van der Waals surface area contributed by atoms with Gasteiger partial charge in [-0.1, -0.05) is 6.07 Å². The van der Waals surface area contributed by atoms with Gasteiger partial charge in [-0.2, -0.15) is 0 Å². The van der Waals surface area contributed by atoms with E-state index in [1.54, 1.807) is 47.9 Å². The molecule has 0 radical (unpaired) electrons. The Morgan fingerprint density at radius 3 is 2.90 bits per heavy atom. The van der Waals surface area contributed by atoms with Gasteiger partial charge in [-0.25, -0.2) is 9.78 Å². The highest BCUT2D eigenvalue weighted by Crippen LogP contribution is 2.30. The van der Waals surface area contributed by atoms with E-state index in [1.807, 2.05) is 6.07 Å². The Kier molecular flexibility index (Phi) is 5.72. The third-order valence-corrected chi connectivity index (χ3v) is 5.74. The molecule has 1 fully saturated rings. The Morgan fingerprint density at radius 2 is 2.13 bits per heavy atom. The molecule has 0 bridgehead atoms. The maximum absolute atomic E-state index is 12.7. The number of aromatic amines is 1. The number of benzene rings is 1. The number of hydrogen-bond acceptors (Lipinski definition) is 7. The van der Waals surface area contributed by atoms with E-state index < -0.39 is 11.9 Å². The maximum Gasteiger partial charge on any atom is 0.354 e. The van der Waals surface area contributed by atoms with Gasteiger partial charge in [-0.15, -0.1) is 11.3 Å². The van der Waals surface area contributed by atoms with Crippen molar-refractivity contribution < 1.29 is 23.9 Å². The Balaban J connectivity index is 1.41. The van der Waals surface area contributed by atoms with Crippen LogP contribution in [0.5, 0.6) is 5.75 Å². The second-order valence-corrected chi connectivity index (χ2v) is 7.79. The third kappa shape index (κ3) is 4.29. The molecule has 1 aromatic carbocycles. The fraction of sp³-hybridized carbons (Fsp3) is 0.238. The zero-order chi connectivity index (χ0) is 22.0. The van der Waals surface area contributed by atoms with E-state index in [-0.39, 0.29) is 24.8 Å². The molecule has 0 aliphatic carbocycles. The summed E-state index contributed by atoms with van der Waals surface area (Å²) in [6, 6.07) is 8.82. The van der Waals surface area contributed by atoms with Crippen LogP contribution in [0.1, 0.15) is 16.9 Å². The monoisotopic (exact) mass is 440 g/mol. The van der Waals surface area contributed by atoms with Crippen molar-refractivity contribution in [1.29, 1.82) is 0 Å². The molecule has 9 nitrogen and oxygen atoms in total. The molecule has 1 atom stereocenters. The van der Waals surface area contributed by atoms with Gasteiger partial charge >= 0.3 is 5.97 Å². The summed E-state index contributed by atoms with van der Waals surface area (Å²) in [5, 5.41) is 5.00. The summed E-state index contributed by atoms with van der Waals surface area (Å²) in [6.45, 7) is 0.288. The van der Waals surface area contributed by atoms with Gasteiger partial charge in [-0.05, 0) is 18.2 Å². The summed E-state index contributed by atoms with van der Waals surface area (Å²) >= 11 is 1.27. The number of nitrogens with one attached hydrogen (secondary N) is 2. The average Bonchev–Trinajstić information content (AvgIpc) is 3.52. The molecule has 1 saturated heterocycles. The zero-order valence-corrected chi connectivity index (χ0v) is 17.7. The van der Waals surface area contributed by atoms with E-state index in [0.717, 1.165) is 0 Å². The summed E-state index contributed by atoms with van der Waals surface area (Å²) in [5.41, 5.74) is 2.34. The number of carbonyl (C=O) groups is 3. The number of methoxy groups -OCH3 is 2. The SMILES string of the molecule is COC(=O)c1cc(-c2csc(NC(=O)[C@H]3CC(=O)N(c4cccc(OC)c4)C3)n2)c[nH]1. The first-order valence-corrected chi connectivity index (χ1v) is 10.3. The summed E-state index contributed by atoms with van der Waals surface area (Å²) in [6.07, 6.45) is 1.77. The predicted octanol–water partition coefficient (Wildman–Crippen LogP) is 2.93. The summed E-state index contributed by atoms with van der Waals surface area (Å²) < 4.78 is 9.89. The van der Waals surface area contributed by atoms with E-state index in [9.17, 15) is 14.4 Å². The zero-order valence-electron chi connectivity index (χ0n) is 16.9. The minimum absolute atomic E-state index is 0.115. The van der Waals surface area contributed by atoms with E-state index in [4.69, 9.17) is 4.74 Å². The fourth-order valence-corrected chi connectivity index (χ4v) is 4.07. The van der Waals surface area contributed by atoms with Crippen LogP contribution in [0, 0.1) is 5.92 Å². The van der Waals surface area contributed by atoms with Gasteiger partial charge in [-0.3, -0.25) is 9.59 Å². The topological polar surface area (TPSA) is 114 Å². The lowest BCUT2D eigenvalue weighted by Crippen LogP contribution is -2.28. The number of anilines is 2. The molecule has 160 valence electrons. The number of amides is 2. The van der Waals surface area contributed by atoms with Crippen molar-refractivity contribution in [2.24, 2.45) is 5.92 Å². The maximum atomic E-state index is 12.7. The van der Waals surface area contributed by atoms with Crippen LogP contribution in [-0.4, -0.2) is 48.5 Å². The van der Waals surface area contributed by atoms with Crippen molar-refractivity contribution >= 4 is 39.9 Å². The van der Waals surface area contributed by atoms with E-state index >= 15 is 0 Å². The number of aromatic nitrogens is 2. The Hall–Kier alpha value is -3.66. The molecule has 4 rings (SSSR count). The largest absolute Gasteiger partial charge is 0.497 e. The number of thiazole rings is 1. The quantitative estimate of drug-likeness (QED) is 0.570. The molecule has 1 aliphatic heterocycles. The highest BCUT2D eigenvalue weighted by atomic mass is 32.1. The third-order valence-electron chi connectivity index (χ3n) is 4.98. The van der Waals surface area contributed by atoms with Gasteiger partial charge in [0.05, 0.1) is 25.8 Å². The van der Waals surface area contributed by atoms with Crippen molar-refractivity contribution in [3.8, 4) is 17.0 Å². The lowest BCUT2D eigenvalue weighted by molar-refractivity contribution is -0.122. The van der Waals surface area contributed by atoms with Crippen LogP contribution in [-0.2, 0) is 14.3 Å². The van der Waals surface area contributed by atoms with E-state index in [0.29, 0.717) is 33.5 Å². The number of nitrogens with zero attached hydrogens (tertiary/aromatic N) is 2. The van der Waals surface area contributed by atoms with Crippen LogP contribution in [0.3, 0.4) is 0 Å². The lowest BCUT2D eigenvalue weighted by Gasteiger charge is -2.17. The molecule has 2 N–H and O–H groups in total. The van der Waals surface area contributed by atoms with Crippen molar-refractivity contribution in [2.45, 2.75) is 6.42 Å². The smallest absolute Gasteiger partial charge is 0.354 e. The molecule has 0 unspecified atom stereocenters. The van der Waals surface area contributed by atoms with Gasteiger partial charge in [0, 0.05) is 41.9 Å². The van der Waals surface area contributed by atoms with Gasteiger partial charge in [0.25, 0.3) is 0 Å². The standard InChI is InChI=1S/C21H20N4O5S/c1-29-15-5-3-4-14(8-15)25-10-13(7-18(25)26)19(27)24-21-23-17(11-31-21)12-6-16(22-9-12)20(28)30-2/h3-6,8-9,11,13,22H,7,10H2,1-2H3,(H,23,24,27)/t13-/m0/s1. The molecule has 1 aliphatic rings. The molecule has 10 heteroatoms. The Bertz CT molecular complexity index is 1140. The van der Waals surface area contributed by atoms with Crippen LogP contribution in [0.25, 0.3) is 11.3 Å². The van der Waals surface area contributed by atoms with Crippen LogP contribution in [0.2, 0.25) is 0 Å². The molecule has 3 aromatic rings. The summed E-state index contributed by atoms with van der Waals surface area (Å²) in [5.74, 6) is -0.681. The lowest BCUT2D eigenvalue weighted by atomic mass is 10.1. The Morgan fingerprint density at radius 1 is 1.29 bits per heavy atom. The van der Waals surface area contributed by atoms with Crippen molar-refractivity contribution in [3.05, 3.63) is 47.6 Å². The fourth-order valence-electron chi connectivity index (χ4n) is 3.35. The van der Waals surface area contributed by atoms with Gasteiger partial charge < -0.3 is 24.7 Å². The van der Waals surface area contributed by atoms with E-state index in [1.165, 1.54) is 18.4 Å². The van der Waals surface area contributed by atoms with Crippen molar-refractivity contribution in [1.82, 2.24) is 9.97 Å². The second-order valence-electron chi connectivity index (χ2n) is 6.93. The first-order chi connectivity index (χ1) is 15.0. The normalized spacial score (nSPS) is 15.7. The first kappa shape index (κ1) is 20.6. The van der Waals surface area contributed by atoms with Gasteiger partial charge in [0.15, 0.2) is 5.13 Å². The van der Waals surface area contributed by atoms with Crippen LogP contribution in [0.15, 0.2) is 41.9 Å². The molecule has 2 amide bonds. The minimum Gasteiger partial charge on any atom is -0.497 e. The number of esters is 1. The Labute approximate surface area is 182 Å². The highest BCUT2D eigenvalue weighted by Gasteiger charge is 2.35. The first-order valence-electron chi connectivity index (χ1n) is 9.46. The molecular weight excluding hydrogens is 420 g/mol. The molecule has 3 heterocycles. The number of rotatable bonds is 6. The molecule has 0 saturated carbocycles. The van der Waals surface area contributed by atoms with Crippen LogP contribution >= 0.6 is 11.3 Å².